The second-order valence-corrected chi connectivity index (χ2v) is 2.46. The van der Waals surface area contributed by atoms with Crippen LogP contribution in [0.5, 0.6) is 0 Å². The van der Waals surface area contributed by atoms with Gasteiger partial charge in [-0.15, -0.1) is 0 Å². The Kier molecular flexibility index (Phi) is 1.59. The highest BCUT2D eigenvalue weighted by Crippen LogP contribution is 2.11. The molecule has 0 atom stereocenters. The molecule has 0 aliphatic rings. The Bertz CT molecular complexity index is 408. The Balaban J connectivity index is 2.52. The van der Waals surface area contributed by atoms with Gasteiger partial charge in [-0.1, -0.05) is 6.07 Å². The summed E-state index contributed by atoms with van der Waals surface area (Å²) in [4.78, 5) is 10.2. The van der Waals surface area contributed by atoms with Crippen LogP contribution in [0.15, 0.2) is 22.8 Å². The lowest BCUT2D eigenvalue weighted by atomic mass is 10.1. The third kappa shape index (κ3) is 1.07. The largest absolute Gasteiger partial charge is 0.303 e. The molecule has 4 heteroatoms. The molecule has 0 aliphatic carbocycles. The lowest BCUT2D eigenvalue weighted by Gasteiger charge is -1.90. The predicted molar refractivity (Wildman–Crippen MR) is 41.6 cm³/mol. The van der Waals surface area contributed by atoms with Crippen molar-refractivity contribution in [2.45, 2.75) is 6.42 Å². The van der Waals surface area contributed by atoms with E-state index in [0.29, 0.717) is 17.5 Å². The van der Waals surface area contributed by atoms with Crippen molar-refractivity contribution >= 4 is 17.3 Å². The van der Waals surface area contributed by atoms with Crippen LogP contribution in [0.4, 0.5) is 0 Å². The summed E-state index contributed by atoms with van der Waals surface area (Å²) in [5, 5.41) is 7.31. The normalized spacial score (nSPS) is 10.3. The predicted octanol–water partition coefficient (Wildman–Crippen LogP) is 0.964. The molecular formula is C8H6N2O2. The maximum Gasteiger partial charge on any atom is 0.135 e. The van der Waals surface area contributed by atoms with Gasteiger partial charge in [0.1, 0.15) is 17.3 Å². The zero-order chi connectivity index (χ0) is 8.39. The van der Waals surface area contributed by atoms with E-state index in [-0.39, 0.29) is 0 Å². The molecule has 0 amide bonds. The van der Waals surface area contributed by atoms with Gasteiger partial charge in [0, 0.05) is 6.42 Å². The van der Waals surface area contributed by atoms with Crippen LogP contribution in [0.3, 0.4) is 0 Å². The summed E-state index contributed by atoms with van der Waals surface area (Å²) in [6.45, 7) is 0. The fraction of sp³-hybridized carbons (Fsp3) is 0.125. The first-order valence-electron chi connectivity index (χ1n) is 3.55. The Morgan fingerprint density at radius 2 is 2.17 bits per heavy atom. The summed E-state index contributed by atoms with van der Waals surface area (Å²) in [5.74, 6) is 0. The number of benzene rings is 1. The number of aromatic nitrogens is 2. The SMILES string of the molecule is O=CCc1ccc2nonc2c1. The zero-order valence-corrected chi connectivity index (χ0v) is 6.23. The third-order valence-electron chi connectivity index (χ3n) is 1.64. The fourth-order valence-electron chi connectivity index (χ4n) is 1.05. The van der Waals surface area contributed by atoms with E-state index in [1.807, 2.05) is 6.07 Å². The van der Waals surface area contributed by atoms with Crippen molar-refractivity contribution in [1.82, 2.24) is 10.3 Å². The molecule has 2 rings (SSSR count). The van der Waals surface area contributed by atoms with E-state index in [1.54, 1.807) is 12.1 Å². The number of carbonyl (C=O) groups excluding carboxylic acids is 1. The standard InChI is InChI=1S/C8H6N2O2/c11-4-3-6-1-2-7-8(5-6)10-12-9-7/h1-2,4-5H,3H2. The average molecular weight is 162 g/mol. The van der Waals surface area contributed by atoms with Crippen molar-refractivity contribution in [3.8, 4) is 0 Å². The molecule has 0 radical (unpaired) electrons. The number of carbonyl (C=O) groups is 1. The topological polar surface area (TPSA) is 56.0 Å². The smallest absolute Gasteiger partial charge is 0.135 e. The molecule has 2 aromatic rings. The molecule has 0 saturated heterocycles. The molecule has 0 unspecified atom stereocenters. The van der Waals surface area contributed by atoms with Gasteiger partial charge in [-0.25, -0.2) is 4.63 Å². The zero-order valence-electron chi connectivity index (χ0n) is 6.23. The minimum Gasteiger partial charge on any atom is -0.303 e. The molecule has 1 aromatic heterocycles. The summed E-state index contributed by atoms with van der Waals surface area (Å²) < 4.78 is 4.51. The molecule has 60 valence electrons. The fourth-order valence-corrected chi connectivity index (χ4v) is 1.05. The van der Waals surface area contributed by atoms with Gasteiger partial charge in [-0.3, -0.25) is 0 Å². The van der Waals surface area contributed by atoms with Crippen molar-refractivity contribution in [2.24, 2.45) is 0 Å². The Morgan fingerprint density at radius 1 is 1.33 bits per heavy atom. The Morgan fingerprint density at radius 3 is 3.00 bits per heavy atom. The lowest BCUT2D eigenvalue weighted by molar-refractivity contribution is -0.107. The number of aldehydes is 1. The van der Waals surface area contributed by atoms with Crippen LogP contribution in [0.25, 0.3) is 11.0 Å². The van der Waals surface area contributed by atoms with E-state index in [4.69, 9.17) is 0 Å². The number of hydrogen-bond donors (Lipinski definition) is 0. The molecule has 12 heavy (non-hydrogen) atoms. The minimum absolute atomic E-state index is 0.406. The van der Waals surface area contributed by atoms with Crippen LogP contribution >= 0.6 is 0 Å². The molecular weight excluding hydrogens is 156 g/mol. The monoisotopic (exact) mass is 162 g/mol. The van der Waals surface area contributed by atoms with Crippen molar-refractivity contribution in [2.75, 3.05) is 0 Å². The maximum atomic E-state index is 10.2. The van der Waals surface area contributed by atoms with Crippen LogP contribution in [0, 0.1) is 0 Å². The molecule has 0 spiro atoms. The number of hydrogen-bond acceptors (Lipinski definition) is 4. The number of rotatable bonds is 2. The van der Waals surface area contributed by atoms with Gasteiger partial charge in [0.05, 0.1) is 0 Å². The summed E-state index contributed by atoms with van der Waals surface area (Å²) in [5.41, 5.74) is 2.33. The van der Waals surface area contributed by atoms with Crippen molar-refractivity contribution in [1.29, 1.82) is 0 Å². The van der Waals surface area contributed by atoms with E-state index < -0.39 is 0 Å². The first kappa shape index (κ1) is 6.97. The summed E-state index contributed by atoms with van der Waals surface area (Å²) in [7, 11) is 0. The van der Waals surface area contributed by atoms with E-state index in [9.17, 15) is 4.79 Å². The number of fused-ring (bicyclic) bond motifs is 1. The van der Waals surface area contributed by atoms with Gasteiger partial charge in [-0.2, -0.15) is 0 Å². The van der Waals surface area contributed by atoms with Crippen LogP contribution in [-0.4, -0.2) is 16.6 Å². The first-order chi connectivity index (χ1) is 5.90. The molecule has 1 heterocycles. The minimum atomic E-state index is 0.406. The molecule has 0 saturated carbocycles. The van der Waals surface area contributed by atoms with E-state index in [1.165, 1.54) is 0 Å². The summed E-state index contributed by atoms with van der Waals surface area (Å²) >= 11 is 0. The molecule has 0 aliphatic heterocycles. The molecule has 0 fully saturated rings. The van der Waals surface area contributed by atoms with Crippen molar-refractivity contribution < 1.29 is 9.42 Å². The van der Waals surface area contributed by atoms with Gasteiger partial charge < -0.3 is 4.79 Å². The summed E-state index contributed by atoms with van der Waals surface area (Å²) in [6, 6.07) is 5.41. The van der Waals surface area contributed by atoms with E-state index >= 15 is 0 Å². The van der Waals surface area contributed by atoms with E-state index in [0.717, 1.165) is 11.8 Å². The second-order valence-electron chi connectivity index (χ2n) is 2.46. The van der Waals surface area contributed by atoms with Gasteiger partial charge in [-0.05, 0) is 28.0 Å². The molecule has 0 bridgehead atoms. The van der Waals surface area contributed by atoms with Crippen LogP contribution in [0.2, 0.25) is 0 Å². The quantitative estimate of drug-likeness (QED) is 0.617. The average Bonchev–Trinajstić information content (AvgIpc) is 2.51. The first-order valence-corrected chi connectivity index (χ1v) is 3.55. The highest BCUT2D eigenvalue weighted by atomic mass is 16.6. The molecule has 1 aromatic carbocycles. The second kappa shape index (κ2) is 2.73. The maximum absolute atomic E-state index is 10.2. The van der Waals surface area contributed by atoms with Gasteiger partial charge in [0.25, 0.3) is 0 Å². The highest BCUT2D eigenvalue weighted by molar-refractivity contribution is 5.74. The van der Waals surface area contributed by atoms with Crippen LogP contribution in [-0.2, 0) is 11.2 Å². The van der Waals surface area contributed by atoms with Gasteiger partial charge in [0.2, 0.25) is 0 Å². The van der Waals surface area contributed by atoms with Crippen molar-refractivity contribution in [3.63, 3.8) is 0 Å². The van der Waals surface area contributed by atoms with Crippen LogP contribution in [0.1, 0.15) is 5.56 Å². The molecule has 4 nitrogen and oxygen atoms in total. The van der Waals surface area contributed by atoms with Gasteiger partial charge >= 0.3 is 0 Å². The van der Waals surface area contributed by atoms with Gasteiger partial charge in [0.15, 0.2) is 0 Å². The van der Waals surface area contributed by atoms with Crippen molar-refractivity contribution in [3.05, 3.63) is 23.8 Å². The van der Waals surface area contributed by atoms with E-state index in [2.05, 4.69) is 14.9 Å². The third-order valence-corrected chi connectivity index (χ3v) is 1.64. The molecule has 0 N–H and O–H groups in total. The Hall–Kier alpha value is -1.71. The Labute approximate surface area is 68.1 Å². The highest BCUT2D eigenvalue weighted by Gasteiger charge is 2.00. The lowest BCUT2D eigenvalue weighted by Crippen LogP contribution is -1.84. The van der Waals surface area contributed by atoms with Crippen LogP contribution < -0.4 is 0 Å². The summed E-state index contributed by atoms with van der Waals surface area (Å²) in [6.07, 6.45) is 1.26. The number of nitrogens with zero attached hydrogens (tertiary/aromatic N) is 2.